The zero-order valence-corrected chi connectivity index (χ0v) is 17.1. The second-order valence-corrected chi connectivity index (χ2v) is 9.15. The molecule has 0 unspecified atom stereocenters. The largest absolute Gasteiger partial charge is 0.497 e. The summed E-state index contributed by atoms with van der Waals surface area (Å²) >= 11 is 0. The molecule has 1 saturated carbocycles. The SMILES string of the molecule is COc1ccc([C@@]2(O)CC[C@@H]3CN(C(=O)c4n[nH]c5c4C[C@@H](C)CC5)C[C@@H]32)cc1. The third-order valence-electron chi connectivity index (χ3n) is 7.42. The number of likely N-dealkylation sites (tertiary alicyclic amines) is 1. The fraction of sp³-hybridized carbons (Fsp3) is 0.565. The number of fused-ring (bicyclic) bond motifs is 2. The summed E-state index contributed by atoms with van der Waals surface area (Å²) < 4.78 is 5.25. The molecule has 6 heteroatoms. The number of aryl methyl sites for hydroxylation is 1. The summed E-state index contributed by atoms with van der Waals surface area (Å²) in [5, 5.41) is 19.0. The highest BCUT2D eigenvalue weighted by Gasteiger charge is 2.53. The summed E-state index contributed by atoms with van der Waals surface area (Å²) in [6, 6.07) is 7.71. The van der Waals surface area contributed by atoms with E-state index in [9.17, 15) is 9.90 Å². The molecule has 1 aliphatic heterocycles. The fourth-order valence-corrected chi connectivity index (χ4v) is 5.70. The van der Waals surface area contributed by atoms with E-state index in [-0.39, 0.29) is 11.8 Å². The van der Waals surface area contributed by atoms with Gasteiger partial charge in [-0.15, -0.1) is 0 Å². The van der Waals surface area contributed by atoms with Gasteiger partial charge in [0, 0.05) is 30.3 Å². The number of carbonyl (C=O) groups excluding carboxylic acids is 1. The van der Waals surface area contributed by atoms with Gasteiger partial charge in [-0.25, -0.2) is 0 Å². The lowest BCUT2D eigenvalue weighted by Crippen LogP contribution is -2.37. The lowest BCUT2D eigenvalue weighted by Gasteiger charge is -2.31. The third kappa shape index (κ3) is 2.96. The molecule has 0 radical (unpaired) electrons. The zero-order valence-electron chi connectivity index (χ0n) is 17.1. The Morgan fingerprint density at radius 1 is 1.28 bits per heavy atom. The van der Waals surface area contributed by atoms with Crippen LogP contribution in [-0.4, -0.2) is 46.3 Å². The van der Waals surface area contributed by atoms with E-state index >= 15 is 0 Å². The molecule has 0 bridgehead atoms. The minimum atomic E-state index is -0.883. The van der Waals surface area contributed by atoms with E-state index in [1.54, 1.807) is 7.11 Å². The highest BCUT2D eigenvalue weighted by Crippen LogP contribution is 2.50. The number of aromatic nitrogens is 2. The van der Waals surface area contributed by atoms with Crippen molar-refractivity contribution in [3.05, 3.63) is 46.8 Å². The Bertz CT molecular complexity index is 922. The van der Waals surface area contributed by atoms with E-state index in [0.717, 1.165) is 54.7 Å². The predicted octanol–water partition coefficient (Wildman–Crippen LogP) is 2.91. The number of aliphatic hydroxyl groups is 1. The number of nitrogens with one attached hydrogen (secondary N) is 1. The topological polar surface area (TPSA) is 78.5 Å². The number of H-pyrrole nitrogens is 1. The number of amides is 1. The van der Waals surface area contributed by atoms with E-state index in [4.69, 9.17) is 4.74 Å². The molecule has 1 aromatic heterocycles. The summed E-state index contributed by atoms with van der Waals surface area (Å²) in [5.74, 6) is 1.79. The van der Waals surface area contributed by atoms with Crippen LogP contribution in [0.2, 0.25) is 0 Å². The van der Waals surface area contributed by atoms with Crippen LogP contribution in [0.4, 0.5) is 0 Å². The molecule has 4 atom stereocenters. The highest BCUT2D eigenvalue weighted by molar-refractivity contribution is 5.94. The van der Waals surface area contributed by atoms with Gasteiger partial charge in [0.25, 0.3) is 5.91 Å². The number of ether oxygens (including phenoxy) is 1. The van der Waals surface area contributed by atoms with Crippen molar-refractivity contribution in [1.82, 2.24) is 15.1 Å². The molecular weight excluding hydrogens is 366 g/mol. The Kier molecular flexibility index (Phi) is 4.42. The molecule has 2 aliphatic carbocycles. The highest BCUT2D eigenvalue weighted by atomic mass is 16.5. The number of carbonyl (C=O) groups is 1. The van der Waals surface area contributed by atoms with Crippen LogP contribution in [0.3, 0.4) is 0 Å². The van der Waals surface area contributed by atoms with Crippen LogP contribution in [-0.2, 0) is 18.4 Å². The Balaban J connectivity index is 1.37. The number of hydrogen-bond acceptors (Lipinski definition) is 4. The molecule has 2 aromatic rings. The van der Waals surface area contributed by atoms with Crippen LogP contribution in [0.1, 0.15) is 53.5 Å². The summed E-state index contributed by atoms with van der Waals surface area (Å²) in [4.78, 5) is 15.2. The Morgan fingerprint density at radius 2 is 2.07 bits per heavy atom. The maximum Gasteiger partial charge on any atom is 0.274 e. The molecule has 1 aromatic carbocycles. The van der Waals surface area contributed by atoms with Crippen LogP contribution >= 0.6 is 0 Å². The summed E-state index contributed by atoms with van der Waals surface area (Å²) in [5.41, 5.74) is 2.87. The molecule has 2 N–H and O–H groups in total. The van der Waals surface area contributed by atoms with E-state index in [1.807, 2.05) is 29.2 Å². The van der Waals surface area contributed by atoms with Crippen molar-refractivity contribution in [3.8, 4) is 5.75 Å². The van der Waals surface area contributed by atoms with Crippen LogP contribution in [0.25, 0.3) is 0 Å². The van der Waals surface area contributed by atoms with E-state index < -0.39 is 5.60 Å². The second-order valence-electron chi connectivity index (χ2n) is 9.15. The monoisotopic (exact) mass is 395 g/mol. The maximum absolute atomic E-state index is 13.3. The van der Waals surface area contributed by atoms with Crippen LogP contribution in [0.15, 0.2) is 24.3 Å². The molecule has 6 nitrogen and oxygen atoms in total. The maximum atomic E-state index is 13.3. The van der Waals surface area contributed by atoms with Gasteiger partial charge in [-0.2, -0.15) is 5.10 Å². The molecular formula is C23H29N3O3. The van der Waals surface area contributed by atoms with Crippen LogP contribution < -0.4 is 4.74 Å². The van der Waals surface area contributed by atoms with Gasteiger partial charge < -0.3 is 14.7 Å². The van der Waals surface area contributed by atoms with E-state index in [1.165, 1.54) is 0 Å². The molecule has 3 aliphatic rings. The van der Waals surface area contributed by atoms with Gasteiger partial charge in [0.15, 0.2) is 5.69 Å². The van der Waals surface area contributed by atoms with Gasteiger partial charge in [-0.05, 0) is 61.6 Å². The Hall–Kier alpha value is -2.34. The first-order valence-corrected chi connectivity index (χ1v) is 10.7. The smallest absolute Gasteiger partial charge is 0.274 e. The average Bonchev–Trinajstić information content (AvgIpc) is 3.43. The number of benzene rings is 1. The minimum Gasteiger partial charge on any atom is -0.497 e. The van der Waals surface area contributed by atoms with Crippen molar-refractivity contribution < 1.29 is 14.6 Å². The first kappa shape index (κ1) is 18.7. The molecule has 5 rings (SSSR count). The normalized spacial score (nSPS) is 30.9. The molecule has 29 heavy (non-hydrogen) atoms. The number of aromatic amines is 1. The number of hydrogen-bond donors (Lipinski definition) is 2. The second kappa shape index (κ2) is 6.87. The average molecular weight is 396 g/mol. The molecule has 1 saturated heterocycles. The van der Waals surface area contributed by atoms with Crippen LogP contribution in [0, 0.1) is 17.8 Å². The lowest BCUT2D eigenvalue weighted by molar-refractivity contribution is -0.00594. The zero-order chi connectivity index (χ0) is 20.2. The summed E-state index contributed by atoms with van der Waals surface area (Å²) in [7, 11) is 1.64. The number of rotatable bonds is 3. The molecule has 154 valence electrons. The first-order chi connectivity index (χ1) is 14.0. The van der Waals surface area contributed by atoms with Gasteiger partial charge >= 0.3 is 0 Å². The van der Waals surface area contributed by atoms with Crippen LogP contribution in [0.5, 0.6) is 5.75 Å². The third-order valence-corrected chi connectivity index (χ3v) is 7.42. The number of methoxy groups -OCH3 is 1. The van der Waals surface area contributed by atoms with Gasteiger partial charge in [0.05, 0.1) is 12.7 Å². The fourth-order valence-electron chi connectivity index (χ4n) is 5.70. The van der Waals surface area contributed by atoms with Gasteiger partial charge in [-0.1, -0.05) is 19.1 Å². The van der Waals surface area contributed by atoms with Crippen molar-refractivity contribution in [1.29, 1.82) is 0 Å². The van der Waals surface area contributed by atoms with Crippen molar-refractivity contribution in [3.63, 3.8) is 0 Å². The molecule has 1 amide bonds. The van der Waals surface area contributed by atoms with Crippen molar-refractivity contribution >= 4 is 5.91 Å². The number of nitrogens with zero attached hydrogens (tertiary/aromatic N) is 2. The van der Waals surface area contributed by atoms with E-state index in [2.05, 4.69) is 17.1 Å². The summed E-state index contributed by atoms with van der Waals surface area (Å²) in [6.45, 7) is 3.53. The Labute approximate surface area is 171 Å². The van der Waals surface area contributed by atoms with E-state index in [0.29, 0.717) is 30.6 Å². The predicted molar refractivity (Wildman–Crippen MR) is 109 cm³/mol. The van der Waals surface area contributed by atoms with Gasteiger partial charge in [0.2, 0.25) is 0 Å². The molecule has 2 heterocycles. The summed E-state index contributed by atoms with van der Waals surface area (Å²) in [6.07, 6.45) is 4.72. The van der Waals surface area contributed by atoms with Crippen molar-refractivity contribution in [2.24, 2.45) is 17.8 Å². The Morgan fingerprint density at radius 3 is 2.83 bits per heavy atom. The minimum absolute atomic E-state index is 0.0167. The molecule has 2 fully saturated rings. The quantitative estimate of drug-likeness (QED) is 0.838. The van der Waals surface area contributed by atoms with Crippen molar-refractivity contribution in [2.45, 2.75) is 44.6 Å². The molecule has 0 spiro atoms. The van der Waals surface area contributed by atoms with Gasteiger partial charge in [0.1, 0.15) is 5.75 Å². The standard InChI is InChI=1S/C23H29N3O3/c1-14-3-8-20-18(11-14)21(25-24-20)22(27)26-12-15-9-10-23(28,19(15)13-26)16-4-6-17(29-2)7-5-16/h4-7,14-15,19,28H,3,8-13H2,1-2H3,(H,24,25)/t14-,15+,19-,23-/m0/s1. The lowest BCUT2D eigenvalue weighted by atomic mass is 9.82. The van der Waals surface area contributed by atoms with Crippen molar-refractivity contribution in [2.75, 3.05) is 20.2 Å². The first-order valence-electron chi connectivity index (χ1n) is 10.7. The van der Waals surface area contributed by atoms with Gasteiger partial charge in [-0.3, -0.25) is 9.89 Å².